The van der Waals surface area contributed by atoms with Crippen molar-refractivity contribution in [3.05, 3.63) is 56.8 Å². The Morgan fingerprint density at radius 2 is 1.19 bits per heavy atom. The molecule has 0 saturated carbocycles. The van der Waals surface area contributed by atoms with E-state index in [-0.39, 0.29) is 64.2 Å². The minimum Gasteiger partial charge on any atom is -0.507 e. The van der Waals surface area contributed by atoms with E-state index in [1.54, 1.807) is 0 Å². The monoisotopic (exact) mass is 662 g/mol. The highest BCUT2D eigenvalue weighted by atomic mass is 16.6. The summed E-state index contributed by atoms with van der Waals surface area (Å²) in [6.45, 7) is 12.0. The lowest BCUT2D eigenvalue weighted by Crippen LogP contribution is -2.13. The number of methoxy groups -OCH3 is 1. The van der Waals surface area contributed by atoms with Crippen LogP contribution in [0.5, 0.6) is 23.0 Å². The lowest BCUT2D eigenvalue weighted by molar-refractivity contribution is -0.135. The zero-order valence-electron chi connectivity index (χ0n) is 30.0. The van der Waals surface area contributed by atoms with Crippen molar-refractivity contribution in [2.24, 2.45) is 0 Å². The van der Waals surface area contributed by atoms with Crippen LogP contribution in [0.3, 0.4) is 0 Å². The summed E-state index contributed by atoms with van der Waals surface area (Å²) >= 11 is 0. The third-order valence-corrected chi connectivity index (χ3v) is 8.36. The molecule has 1 heterocycles. The summed E-state index contributed by atoms with van der Waals surface area (Å²) in [5.74, 6) is -0.541. The van der Waals surface area contributed by atoms with Gasteiger partial charge < -0.3 is 23.7 Å². The van der Waals surface area contributed by atoms with E-state index in [1.165, 1.54) is 19.2 Å². The maximum atomic E-state index is 14.3. The molecule has 0 aliphatic carbocycles. The molecule has 8 nitrogen and oxygen atoms in total. The highest BCUT2D eigenvalue weighted by molar-refractivity contribution is 5.98. The number of carbonyl (C=O) groups excluding carboxylic acids is 2. The molecule has 0 aliphatic heterocycles. The van der Waals surface area contributed by atoms with Crippen LogP contribution in [-0.4, -0.2) is 24.2 Å². The number of unbranched alkanes of at least 4 members (excludes halogenated alkanes) is 8. The Labute approximate surface area is 285 Å². The number of fused-ring (bicyclic) bond motifs is 2. The second kappa shape index (κ2) is 19.1. The number of phenolic OH excluding ortho intramolecular Hbond substituents is 1. The van der Waals surface area contributed by atoms with Crippen molar-refractivity contribution in [3.63, 3.8) is 0 Å². The van der Waals surface area contributed by atoms with Crippen LogP contribution in [0.25, 0.3) is 21.9 Å². The molecule has 0 radical (unpaired) electrons. The molecule has 0 aliphatic rings. The number of aromatic hydroxyl groups is 1. The first-order valence-corrected chi connectivity index (χ1v) is 17.6. The van der Waals surface area contributed by atoms with E-state index in [1.807, 2.05) is 39.8 Å². The van der Waals surface area contributed by atoms with E-state index >= 15 is 0 Å². The van der Waals surface area contributed by atoms with Gasteiger partial charge in [-0.1, -0.05) is 88.5 Å². The standard InChI is InChI=1S/C40H54O8/c1-8-10-12-14-16-18-34(41)47-30-24-32-37(38(43)28(30)22-20-26(3)4)39(44)36-29(23-21-27(5)6)40(45-7)33(25-31(36)46-32)48-35(42)19-17-15-13-11-9-2/h20-21,24-25,43H,8-19,22-23H2,1-7H3. The summed E-state index contributed by atoms with van der Waals surface area (Å²) < 4.78 is 23.7. The molecule has 1 N–H and O–H groups in total. The van der Waals surface area contributed by atoms with Crippen molar-refractivity contribution < 1.29 is 33.3 Å². The van der Waals surface area contributed by atoms with E-state index in [0.717, 1.165) is 62.5 Å². The fraction of sp³-hybridized carbons (Fsp3) is 0.525. The summed E-state index contributed by atoms with van der Waals surface area (Å²) in [4.78, 5) is 40.1. The second-order valence-electron chi connectivity index (χ2n) is 13.0. The van der Waals surface area contributed by atoms with Gasteiger partial charge in [-0.05, 0) is 53.4 Å². The zero-order valence-corrected chi connectivity index (χ0v) is 30.0. The maximum absolute atomic E-state index is 14.3. The molecule has 0 unspecified atom stereocenters. The molecule has 0 spiro atoms. The van der Waals surface area contributed by atoms with Crippen LogP contribution >= 0.6 is 0 Å². The SMILES string of the molecule is CCCCCCCC(=O)Oc1cc2oc3cc(OC(=O)CCCCCCC)c(OC)c(CC=C(C)C)c3c(=O)c2c(O)c1CC=C(C)C. The van der Waals surface area contributed by atoms with Crippen LogP contribution in [-0.2, 0) is 22.4 Å². The van der Waals surface area contributed by atoms with Gasteiger partial charge in [-0.25, -0.2) is 0 Å². The van der Waals surface area contributed by atoms with Crippen LogP contribution in [0.1, 0.15) is 130 Å². The van der Waals surface area contributed by atoms with Crippen molar-refractivity contribution in [3.8, 4) is 23.0 Å². The van der Waals surface area contributed by atoms with Crippen molar-refractivity contribution in [1.82, 2.24) is 0 Å². The van der Waals surface area contributed by atoms with Crippen LogP contribution in [0.15, 0.2) is 44.6 Å². The fourth-order valence-electron chi connectivity index (χ4n) is 5.69. The van der Waals surface area contributed by atoms with Gasteiger partial charge in [0.2, 0.25) is 5.43 Å². The average Bonchev–Trinajstić information content (AvgIpc) is 3.02. The Morgan fingerprint density at radius 3 is 1.71 bits per heavy atom. The third-order valence-electron chi connectivity index (χ3n) is 8.36. The van der Waals surface area contributed by atoms with Gasteiger partial charge in [0, 0.05) is 36.1 Å². The first kappa shape index (κ1) is 38.4. The number of benzene rings is 2. The maximum Gasteiger partial charge on any atom is 0.311 e. The van der Waals surface area contributed by atoms with E-state index < -0.39 is 17.4 Å². The average molecular weight is 663 g/mol. The number of ether oxygens (including phenoxy) is 3. The normalized spacial score (nSPS) is 11.1. The lowest BCUT2D eigenvalue weighted by atomic mass is 9.98. The number of hydrogen-bond donors (Lipinski definition) is 1. The lowest BCUT2D eigenvalue weighted by Gasteiger charge is -2.17. The second-order valence-corrected chi connectivity index (χ2v) is 13.0. The molecule has 262 valence electrons. The van der Waals surface area contributed by atoms with E-state index in [9.17, 15) is 19.5 Å². The van der Waals surface area contributed by atoms with Gasteiger partial charge in [0.25, 0.3) is 0 Å². The van der Waals surface area contributed by atoms with Gasteiger partial charge in [0.05, 0.1) is 12.5 Å². The number of esters is 2. The third kappa shape index (κ3) is 10.5. The molecular formula is C40H54O8. The van der Waals surface area contributed by atoms with Gasteiger partial charge >= 0.3 is 11.9 Å². The highest BCUT2D eigenvalue weighted by Crippen LogP contribution is 2.42. The summed E-state index contributed by atoms with van der Waals surface area (Å²) in [5.41, 5.74) is 2.61. The van der Waals surface area contributed by atoms with E-state index in [4.69, 9.17) is 18.6 Å². The molecule has 1 aromatic heterocycles. The predicted molar refractivity (Wildman–Crippen MR) is 192 cm³/mol. The smallest absolute Gasteiger partial charge is 0.311 e. The van der Waals surface area contributed by atoms with E-state index in [0.29, 0.717) is 30.4 Å². The number of rotatable bonds is 19. The molecule has 3 aromatic rings. The summed E-state index contributed by atoms with van der Waals surface area (Å²) in [5, 5.41) is 11.8. The van der Waals surface area contributed by atoms with E-state index in [2.05, 4.69) is 13.8 Å². The Bertz CT molecular complexity index is 1680. The quantitative estimate of drug-likeness (QED) is 0.0444. The molecule has 0 atom stereocenters. The Morgan fingerprint density at radius 1 is 0.708 bits per heavy atom. The molecule has 3 rings (SSSR count). The van der Waals surface area contributed by atoms with Crippen LogP contribution < -0.4 is 19.6 Å². The summed E-state index contributed by atoms with van der Waals surface area (Å²) in [6, 6.07) is 2.99. The van der Waals surface area contributed by atoms with Gasteiger partial charge in [-0.3, -0.25) is 14.4 Å². The van der Waals surface area contributed by atoms with Crippen molar-refractivity contribution in [1.29, 1.82) is 0 Å². The summed E-state index contributed by atoms with van der Waals surface area (Å²) in [6.07, 6.45) is 14.8. The number of hydrogen-bond acceptors (Lipinski definition) is 8. The molecule has 0 bridgehead atoms. The summed E-state index contributed by atoms with van der Waals surface area (Å²) in [7, 11) is 1.47. The molecular weight excluding hydrogens is 608 g/mol. The van der Waals surface area contributed by atoms with Gasteiger partial charge in [-0.15, -0.1) is 0 Å². The number of carbonyl (C=O) groups is 2. The molecule has 0 fully saturated rings. The topological polar surface area (TPSA) is 112 Å². The number of phenols is 1. The van der Waals surface area contributed by atoms with Crippen molar-refractivity contribution in [2.45, 2.75) is 131 Å². The first-order chi connectivity index (χ1) is 23.0. The Hall–Kier alpha value is -4.07. The number of allylic oxidation sites excluding steroid dienone is 4. The largest absolute Gasteiger partial charge is 0.507 e. The molecule has 0 amide bonds. The van der Waals surface area contributed by atoms with Crippen molar-refractivity contribution >= 4 is 33.9 Å². The van der Waals surface area contributed by atoms with Crippen molar-refractivity contribution in [2.75, 3.05) is 7.11 Å². The van der Waals surface area contributed by atoms with Gasteiger partial charge in [0.1, 0.15) is 28.1 Å². The minimum atomic E-state index is -0.458. The Balaban J connectivity index is 2.18. The minimum absolute atomic E-state index is 0.0173. The molecule has 0 saturated heterocycles. The highest BCUT2D eigenvalue weighted by Gasteiger charge is 2.26. The first-order valence-electron chi connectivity index (χ1n) is 17.6. The zero-order chi connectivity index (χ0) is 35.2. The van der Waals surface area contributed by atoms with Crippen LogP contribution in [0, 0.1) is 0 Å². The molecule has 8 heteroatoms. The molecule has 48 heavy (non-hydrogen) atoms. The molecule has 2 aromatic carbocycles. The predicted octanol–water partition coefficient (Wildman–Crippen LogP) is 10.2. The van der Waals surface area contributed by atoms with Gasteiger partial charge in [-0.2, -0.15) is 0 Å². The van der Waals surface area contributed by atoms with Crippen LogP contribution in [0.2, 0.25) is 0 Å². The Kier molecular flexibility index (Phi) is 15.2. The fourth-order valence-corrected chi connectivity index (χ4v) is 5.69. The van der Waals surface area contributed by atoms with Gasteiger partial charge in [0.15, 0.2) is 11.5 Å². The van der Waals surface area contributed by atoms with Crippen LogP contribution in [0.4, 0.5) is 0 Å².